The van der Waals surface area contributed by atoms with Crippen LogP contribution in [-0.2, 0) is 16.1 Å². The number of nitro benzene ring substituents is 1. The molecule has 3 rings (SSSR count). The molecule has 0 bridgehead atoms. The molecular formula is C20H28IN5O4. The number of nitrogens with one attached hydrogen (secondary N) is 1. The highest BCUT2D eigenvalue weighted by Crippen LogP contribution is 2.16. The molecule has 1 aromatic carbocycles. The van der Waals surface area contributed by atoms with E-state index in [1.165, 1.54) is 12.1 Å². The highest BCUT2D eigenvalue weighted by atomic mass is 127. The van der Waals surface area contributed by atoms with Crippen molar-refractivity contribution >= 4 is 41.5 Å². The first-order valence-corrected chi connectivity index (χ1v) is 9.86. The number of halogens is 1. The zero-order valence-electron chi connectivity index (χ0n) is 16.9. The minimum Gasteiger partial charge on any atom is -0.368 e. The fourth-order valence-corrected chi connectivity index (χ4v) is 3.44. The third-order valence-electron chi connectivity index (χ3n) is 5.06. The van der Waals surface area contributed by atoms with E-state index in [0.717, 1.165) is 24.4 Å². The highest BCUT2D eigenvalue weighted by Gasteiger charge is 2.30. The molecule has 0 spiro atoms. The van der Waals surface area contributed by atoms with Crippen LogP contribution in [0.2, 0.25) is 0 Å². The highest BCUT2D eigenvalue weighted by molar-refractivity contribution is 14.0. The SMILES string of the molecule is C=CCNC(=NCc1ccc([N+](=O)[O-])cc1)N1CCN(C(=O)C2CCCO2)CC1.I. The van der Waals surface area contributed by atoms with Crippen LogP contribution in [0, 0.1) is 10.1 Å². The van der Waals surface area contributed by atoms with Gasteiger partial charge in [-0.05, 0) is 18.4 Å². The Morgan fingerprint density at radius 3 is 2.50 bits per heavy atom. The molecule has 1 amide bonds. The monoisotopic (exact) mass is 529 g/mol. The molecular weight excluding hydrogens is 501 g/mol. The summed E-state index contributed by atoms with van der Waals surface area (Å²) >= 11 is 0. The molecule has 2 fully saturated rings. The van der Waals surface area contributed by atoms with Gasteiger partial charge in [0.25, 0.3) is 11.6 Å². The first kappa shape index (κ1) is 24.1. The summed E-state index contributed by atoms with van der Waals surface area (Å²) in [5.74, 6) is 0.832. The molecule has 0 aromatic heterocycles. The lowest BCUT2D eigenvalue weighted by molar-refractivity contribution is -0.384. The second-order valence-corrected chi connectivity index (χ2v) is 7.05. The van der Waals surface area contributed by atoms with Crippen molar-refractivity contribution < 1.29 is 14.5 Å². The summed E-state index contributed by atoms with van der Waals surface area (Å²) in [6.07, 6.45) is 3.23. The van der Waals surface area contributed by atoms with E-state index in [9.17, 15) is 14.9 Å². The number of ether oxygens (including phenoxy) is 1. The normalized spacial score (nSPS) is 19.2. The quantitative estimate of drug-likeness (QED) is 0.152. The molecule has 2 aliphatic rings. The van der Waals surface area contributed by atoms with Gasteiger partial charge in [-0.15, -0.1) is 30.6 Å². The van der Waals surface area contributed by atoms with Crippen LogP contribution < -0.4 is 5.32 Å². The van der Waals surface area contributed by atoms with Crippen molar-refractivity contribution in [3.63, 3.8) is 0 Å². The fraction of sp³-hybridized carbons (Fsp3) is 0.500. The van der Waals surface area contributed by atoms with Crippen molar-refractivity contribution in [1.82, 2.24) is 15.1 Å². The summed E-state index contributed by atoms with van der Waals surface area (Å²) in [5, 5.41) is 14.0. The number of nitro groups is 1. The minimum atomic E-state index is -0.415. The minimum absolute atomic E-state index is 0. The second-order valence-electron chi connectivity index (χ2n) is 7.05. The Kier molecular flexibility index (Phi) is 9.50. The van der Waals surface area contributed by atoms with Crippen LogP contribution >= 0.6 is 24.0 Å². The van der Waals surface area contributed by atoms with Crippen LogP contribution in [0.3, 0.4) is 0 Å². The number of amides is 1. The summed E-state index contributed by atoms with van der Waals surface area (Å²) in [6, 6.07) is 6.39. The van der Waals surface area contributed by atoms with Gasteiger partial charge in [0.05, 0.1) is 11.5 Å². The van der Waals surface area contributed by atoms with Gasteiger partial charge in [0.15, 0.2) is 5.96 Å². The molecule has 1 aromatic rings. The smallest absolute Gasteiger partial charge is 0.269 e. The molecule has 164 valence electrons. The van der Waals surface area contributed by atoms with Gasteiger partial charge >= 0.3 is 0 Å². The number of piperazine rings is 1. The van der Waals surface area contributed by atoms with E-state index in [2.05, 4.69) is 21.8 Å². The van der Waals surface area contributed by atoms with E-state index < -0.39 is 4.92 Å². The standard InChI is InChI=1S/C20H27N5O4.HI/c1-2-9-21-20(22-15-16-5-7-17(8-6-16)25(27)28)24-12-10-23(11-13-24)19(26)18-4-3-14-29-18;/h2,5-8,18H,1,3-4,9-15H2,(H,21,22);1H. The number of hydrogen-bond acceptors (Lipinski definition) is 5. The topological polar surface area (TPSA) is 100 Å². The van der Waals surface area contributed by atoms with Gasteiger partial charge in [0.1, 0.15) is 6.10 Å². The number of hydrogen-bond donors (Lipinski definition) is 1. The number of aliphatic imine (C=N–C) groups is 1. The molecule has 1 N–H and O–H groups in total. The summed E-state index contributed by atoms with van der Waals surface area (Å²) in [4.78, 5) is 31.5. The average Bonchev–Trinajstić information content (AvgIpc) is 3.29. The van der Waals surface area contributed by atoms with Gasteiger partial charge in [-0.3, -0.25) is 14.9 Å². The van der Waals surface area contributed by atoms with Gasteiger partial charge < -0.3 is 19.9 Å². The van der Waals surface area contributed by atoms with Gasteiger partial charge in [0, 0.05) is 51.5 Å². The van der Waals surface area contributed by atoms with Crippen molar-refractivity contribution in [1.29, 1.82) is 0 Å². The summed E-state index contributed by atoms with van der Waals surface area (Å²) in [6.45, 7) is 8.01. The Balaban J connectivity index is 0.00000320. The Morgan fingerprint density at radius 2 is 1.93 bits per heavy atom. The van der Waals surface area contributed by atoms with E-state index in [0.29, 0.717) is 45.9 Å². The Bertz CT molecular complexity index is 757. The van der Waals surface area contributed by atoms with E-state index in [-0.39, 0.29) is 41.7 Å². The zero-order chi connectivity index (χ0) is 20.6. The van der Waals surface area contributed by atoms with Crippen molar-refractivity contribution in [2.24, 2.45) is 4.99 Å². The van der Waals surface area contributed by atoms with Crippen LogP contribution in [0.1, 0.15) is 18.4 Å². The Labute approximate surface area is 193 Å². The van der Waals surface area contributed by atoms with Gasteiger partial charge in [-0.1, -0.05) is 18.2 Å². The van der Waals surface area contributed by atoms with Crippen molar-refractivity contribution in [2.75, 3.05) is 39.3 Å². The molecule has 0 aliphatic carbocycles. The van der Waals surface area contributed by atoms with Crippen molar-refractivity contribution in [2.45, 2.75) is 25.5 Å². The fourth-order valence-electron chi connectivity index (χ4n) is 3.44. The molecule has 2 heterocycles. The predicted octanol–water partition coefficient (Wildman–Crippen LogP) is 2.17. The molecule has 9 nitrogen and oxygen atoms in total. The molecule has 30 heavy (non-hydrogen) atoms. The van der Waals surface area contributed by atoms with E-state index in [1.807, 2.05) is 4.90 Å². The Morgan fingerprint density at radius 1 is 1.27 bits per heavy atom. The number of non-ortho nitro benzene ring substituents is 1. The largest absolute Gasteiger partial charge is 0.368 e. The third-order valence-corrected chi connectivity index (χ3v) is 5.06. The molecule has 0 saturated carbocycles. The first-order chi connectivity index (χ1) is 14.1. The predicted molar refractivity (Wildman–Crippen MR) is 125 cm³/mol. The number of guanidine groups is 1. The van der Waals surface area contributed by atoms with Gasteiger partial charge in [0.2, 0.25) is 0 Å². The van der Waals surface area contributed by atoms with Crippen molar-refractivity contribution in [3.8, 4) is 0 Å². The second kappa shape index (κ2) is 11.8. The molecule has 1 unspecified atom stereocenters. The number of carbonyl (C=O) groups is 1. The zero-order valence-corrected chi connectivity index (χ0v) is 19.2. The molecule has 1 atom stereocenters. The maximum atomic E-state index is 12.5. The Hall–Kier alpha value is -2.21. The third kappa shape index (κ3) is 6.39. The molecule has 0 radical (unpaired) electrons. The lowest BCUT2D eigenvalue weighted by atomic mass is 10.2. The summed E-state index contributed by atoms with van der Waals surface area (Å²) in [7, 11) is 0. The maximum absolute atomic E-state index is 12.5. The van der Waals surface area contributed by atoms with Crippen molar-refractivity contribution in [3.05, 3.63) is 52.6 Å². The molecule has 2 saturated heterocycles. The number of carbonyl (C=O) groups excluding carboxylic acids is 1. The van der Waals surface area contributed by atoms with Crippen LogP contribution in [0.4, 0.5) is 5.69 Å². The number of benzene rings is 1. The molecule has 10 heteroatoms. The van der Waals surface area contributed by atoms with Gasteiger partial charge in [-0.25, -0.2) is 4.99 Å². The summed E-state index contributed by atoms with van der Waals surface area (Å²) < 4.78 is 5.51. The maximum Gasteiger partial charge on any atom is 0.269 e. The average molecular weight is 529 g/mol. The van der Waals surface area contributed by atoms with Crippen LogP contribution in [0.5, 0.6) is 0 Å². The van der Waals surface area contributed by atoms with E-state index in [1.54, 1.807) is 18.2 Å². The van der Waals surface area contributed by atoms with Crippen LogP contribution in [0.25, 0.3) is 0 Å². The van der Waals surface area contributed by atoms with Gasteiger partial charge in [-0.2, -0.15) is 0 Å². The first-order valence-electron chi connectivity index (χ1n) is 9.86. The van der Waals surface area contributed by atoms with Crippen LogP contribution in [-0.4, -0.2) is 72.0 Å². The molecule has 2 aliphatic heterocycles. The number of nitrogens with zero attached hydrogens (tertiary/aromatic N) is 4. The lowest BCUT2D eigenvalue weighted by Gasteiger charge is -2.37. The lowest BCUT2D eigenvalue weighted by Crippen LogP contribution is -2.55. The summed E-state index contributed by atoms with van der Waals surface area (Å²) in [5.41, 5.74) is 0.954. The van der Waals surface area contributed by atoms with E-state index in [4.69, 9.17) is 4.74 Å². The van der Waals surface area contributed by atoms with E-state index >= 15 is 0 Å². The number of rotatable bonds is 6. The van der Waals surface area contributed by atoms with Crippen LogP contribution in [0.15, 0.2) is 41.9 Å².